The number of rotatable bonds is 8. The van der Waals surface area contributed by atoms with E-state index in [2.05, 4.69) is 23.7 Å². The fourth-order valence-electron chi connectivity index (χ4n) is 3.30. The summed E-state index contributed by atoms with van der Waals surface area (Å²) in [5, 5.41) is 1.11. The van der Waals surface area contributed by atoms with Crippen LogP contribution in [0.4, 0.5) is 10.2 Å². The van der Waals surface area contributed by atoms with Gasteiger partial charge >= 0.3 is 0 Å². The van der Waals surface area contributed by atoms with Crippen molar-refractivity contribution < 1.29 is 4.39 Å². The number of aryl methyl sites for hydroxylation is 1. The number of alkyl halides is 1. The van der Waals surface area contributed by atoms with Crippen LogP contribution >= 0.6 is 23.2 Å². The topological polar surface area (TPSA) is 33.4 Å². The van der Waals surface area contributed by atoms with E-state index in [1.807, 2.05) is 16.7 Å². The van der Waals surface area contributed by atoms with Crippen molar-refractivity contribution in [1.29, 1.82) is 0 Å². The van der Waals surface area contributed by atoms with Gasteiger partial charge in [0, 0.05) is 36.1 Å². The van der Waals surface area contributed by atoms with Crippen LogP contribution in [-0.2, 0) is 6.42 Å². The highest BCUT2D eigenvalue weighted by atomic mass is 35.5. The number of nitrogens with zero attached hydrogens (tertiary/aromatic N) is 4. The molecule has 1 aromatic carbocycles. The van der Waals surface area contributed by atoms with Crippen LogP contribution < -0.4 is 4.90 Å². The van der Waals surface area contributed by atoms with Crippen LogP contribution in [0.15, 0.2) is 30.6 Å². The minimum atomic E-state index is -0.328. The van der Waals surface area contributed by atoms with E-state index in [-0.39, 0.29) is 6.67 Å². The number of hydrogen-bond donors (Lipinski definition) is 0. The van der Waals surface area contributed by atoms with Crippen molar-refractivity contribution in [2.45, 2.75) is 33.1 Å². The largest absolute Gasteiger partial charge is 0.356 e. The van der Waals surface area contributed by atoms with Crippen LogP contribution in [0.3, 0.4) is 0 Å². The van der Waals surface area contributed by atoms with Gasteiger partial charge in [-0.15, -0.1) is 0 Å². The van der Waals surface area contributed by atoms with Crippen molar-refractivity contribution in [2.75, 3.05) is 24.7 Å². The molecule has 0 fully saturated rings. The normalized spacial score (nSPS) is 11.3. The Morgan fingerprint density at radius 3 is 2.67 bits per heavy atom. The Kier molecular flexibility index (Phi) is 6.55. The minimum Gasteiger partial charge on any atom is -0.356 e. The smallest absolute Gasteiger partial charge is 0.165 e. The summed E-state index contributed by atoms with van der Waals surface area (Å²) in [7, 11) is 0. The molecule has 0 saturated carbocycles. The molecule has 0 aliphatic rings. The van der Waals surface area contributed by atoms with Gasteiger partial charge in [0.2, 0.25) is 0 Å². The van der Waals surface area contributed by atoms with E-state index in [9.17, 15) is 4.39 Å². The second-order valence-corrected chi connectivity index (χ2v) is 7.20. The first-order chi connectivity index (χ1) is 13.1. The number of imidazole rings is 1. The minimum absolute atomic E-state index is 0.328. The van der Waals surface area contributed by atoms with Crippen LogP contribution in [0.25, 0.3) is 16.9 Å². The molecule has 2 aromatic heterocycles. The molecule has 0 aliphatic heterocycles. The molecule has 0 N–H and O–H groups in total. The van der Waals surface area contributed by atoms with Gasteiger partial charge in [-0.1, -0.05) is 37.0 Å². The number of fused-ring (bicyclic) bond motifs is 1. The lowest BCUT2D eigenvalue weighted by molar-refractivity contribution is 0.470. The zero-order valence-electron chi connectivity index (χ0n) is 15.6. The third-order valence-electron chi connectivity index (χ3n) is 4.46. The van der Waals surface area contributed by atoms with E-state index in [1.54, 1.807) is 18.3 Å². The molecular weight excluding hydrogens is 386 g/mol. The Balaban J connectivity index is 2.19. The van der Waals surface area contributed by atoms with E-state index in [1.165, 1.54) is 0 Å². The Bertz CT molecular complexity index is 926. The molecule has 0 amide bonds. The number of anilines is 1. The summed E-state index contributed by atoms with van der Waals surface area (Å²) in [6, 6.07) is 5.36. The first kappa shape index (κ1) is 19.9. The molecular formula is C20H23Cl2FN4. The van der Waals surface area contributed by atoms with Crippen LogP contribution in [0.5, 0.6) is 0 Å². The molecule has 2 heterocycles. The van der Waals surface area contributed by atoms with Crippen LogP contribution in [0.1, 0.15) is 32.4 Å². The molecule has 7 heteroatoms. The van der Waals surface area contributed by atoms with Crippen LogP contribution in [-0.4, -0.2) is 34.1 Å². The Morgan fingerprint density at radius 2 is 2.00 bits per heavy atom. The lowest BCUT2D eigenvalue weighted by Gasteiger charge is -2.24. The summed E-state index contributed by atoms with van der Waals surface area (Å²) in [6.07, 6.45) is 5.90. The number of aromatic nitrogens is 3. The molecule has 3 aromatic rings. The van der Waals surface area contributed by atoms with Gasteiger partial charge in [-0.2, -0.15) is 0 Å². The molecule has 0 saturated heterocycles. The van der Waals surface area contributed by atoms with Gasteiger partial charge in [0.15, 0.2) is 5.65 Å². The third kappa shape index (κ3) is 4.04. The van der Waals surface area contributed by atoms with Gasteiger partial charge in [0.05, 0.1) is 17.4 Å². The predicted octanol–water partition coefficient (Wildman–Crippen LogP) is 5.84. The van der Waals surface area contributed by atoms with Gasteiger partial charge in [-0.3, -0.25) is 13.8 Å². The monoisotopic (exact) mass is 408 g/mol. The third-order valence-corrected chi connectivity index (χ3v) is 5.01. The average molecular weight is 409 g/mol. The Hall–Kier alpha value is -1.85. The van der Waals surface area contributed by atoms with Gasteiger partial charge in [0.25, 0.3) is 0 Å². The zero-order chi connectivity index (χ0) is 19.4. The summed E-state index contributed by atoms with van der Waals surface area (Å²) < 4.78 is 14.9. The standard InChI is InChI=1S/C20H23Cl2FN4/c1-3-10-26(11-5-8-23)20-17(4-2)25-19-18(24-9-12-27(19)20)15-7-6-14(21)13-16(15)22/h6-7,9,12-13H,3-5,8,10-11H2,1-2H3. The molecule has 0 aliphatic carbocycles. The molecule has 0 radical (unpaired) electrons. The summed E-state index contributed by atoms with van der Waals surface area (Å²) in [6.45, 7) is 5.38. The van der Waals surface area contributed by atoms with E-state index < -0.39 is 0 Å². The van der Waals surface area contributed by atoms with Gasteiger partial charge < -0.3 is 4.90 Å². The lowest BCUT2D eigenvalue weighted by Crippen LogP contribution is -2.28. The first-order valence-electron chi connectivity index (χ1n) is 9.22. The lowest BCUT2D eigenvalue weighted by atomic mass is 10.1. The number of hydrogen-bond acceptors (Lipinski definition) is 3. The highest BCUT2D eigenvalue weighted by molar-refractivity contribution is 6.36. The van der Waals surface area contributed by atoms with Crippen LogP contribution in [0, 0.1) is 0 Å². The highest BCUT2D eigenvalue weighted by Crippen LogP contribution is 2.34. The highest BCUT2D eigenvalue weighted by Gasteiger charge is 2.20. The summed E-state index contributed by atoms with van der Waals surface area (Å²) in [5.74, 6) is 1.01. The predicted molar refractivity (Wildman–Crippen MR) is 111 cm³/mol. The summed E-state index contributed by atoms with van der Waals surface area (Å²) >= 11 is 12.4. The molecule has 3 rings (SSSR count). The maximum atomic E-state index is 12.8. The Morgan fingerprint density at radius 1 is 1.19 bits per heavy atom. The molecule has 0 spiro atoms. The van der Waals surface area contributed by atoms with E-state index >= 15 is 0 Å². The second-order valence-electron chi connectivity index (χ2n) is 6.36. The Labute approximate surface area is 168 Å². The molecule has 27 heavy (non-hydrogen) atoms. The molecule has 0 unspecified atom stereocenters. The van der Waals surface area contributed by atoms with Crippen molar-refractivity contribution in [2.24, 2.45) is 0 Å². The van der Waals surface area contributed by atoms with Gasteiger partial charge in [0.1, 0.15) is 11.5 Å². The van der Waals surface area contributed by atoms with Crippen LogP contribution in [0.2, 0.25) is 10.0 Å². The average Bonchev–Trinajstić information content (AvgIpc) is 3.04. The first-order valence-corrected chi connectivity index (χ1v) is 9.98. The van der Waals surface area contributed by atoms with Crippen molar-refractivity contribution in [3.8, 4) is 11.3 Å². The summed E-state index contributed by atoms with van der Waals surface area (Å²) in [4.78, 5) is 11.6. The van der Waals surface area contributed by atoms with E-state index in [4.69, 9.17) is 28.2 Å². The zero-order valence-corrected chi connectivity index (χ0v) is 17.1. The summed E-state index contributed by atoms with van der Waals surface area (Å²) in [5.41, 5.74) is 3.22. The maximum Gasteiger partial charge on any atom is 0.165 e. The number of halogens is 3. The van der Waals surface area contributed by atoms with Gasteiger partial charge in [-0.05, 0) is 37.5 Å². The van der Waals surface area contributed by atoms with Crippen molar-refractivity contribution in [3.05, 3.63) is 46.3 Å². The van der Waals surface area contributed by atoms with Gasteiger partial charge in [-0.25, -0.2) is 4.98 Å². The molecule has 144 valence electrons. The number of benzene rings is 1. The van der Waals surface area contributed by atoms with Crippen molar-refractivity contribution in [3.63, 3.8) is 0 Å². The van der Waals surface area contributed by atoms with E-state index in [0.717, 1.165) is 42.1 Å². The molecule has 0 bridgehead atoms. The quantitative estimate of drug-likeness (QED) is 0.469. The van der Waals surface area contributed by atoms with E-state index in [0.29, 0.717) is 28.7 Å². The molecule has 0 atom stereocenters. The fraction of sp³-hybridized carbons (Fsp3) is 0.400. The second kappa shape index (κ2) is 8.89. The van der Waals surface area contributed by atoms with Crippen molar-refractivity contribution in [1.82, 2.24) is 14.4 Å². The fourth-order valence-corrected chi connectivity index (χ4v) is 3.80. The molecule has 4 nitrogen and oxygen atoms in total. The maximum absolute atomic E-state index is 12.8. The SMILES string of the molecule is CCCN(CCCF)c1c(CC)nc2c(-c3ccc(Cl)cc3Cl)nccn12. The van der Waals surface area contributed by atoms with Crippen molar-refractivity contribution >= 4 is 34.7 Å².